The first-order chi connectivity index (χ1) is 13.1. The lowest BCUT2D eigenvalue weighted by Crippen LogP contribution is -2.66. The van der Waals surface area contributed by atoms with Gasteiger partial charge >= 0.3 is 0 Å². The first-order valence-electron chi connectivity index (χ1n) is 9.67. The van der Waals surface area contributed by atoms with Crippen molar-refractivity contribution in [3.8, 4) is 0 Å². The van der Waals surface area contributed by atoms with Gasteiger partial charge in [-0.3, -0.25) is 9.59 Å². The molecule has 2 fully saturated rings. The van der Waals surface area contributed by atoms with Crippen LogP contribution in [0.2, 0.25) is 0 Å². The van der Waals surface area contributed by atoms with Crippen molar-refractivity contribution in [3.63, 3.8) is 0 Å². The van der Waals surface area contributed by atoms with Crippen LogP contribution in [0.15, 0.2) is 0 Å². The predicted molar refractivity (Wildman–Crippen MR) is 96.3 cm³/mol. The molecule has 28 heavy (non-hydrogen) atoms. The number of ether oxygens (including phenoxy) is 1. The van der Waals surface area contributed by atoms with E-state index in [2.05, 4.69) is 5.32 Å². The SMILES string of the molecule is CC(C)CC1NC(=O)C(CC(C)C)N(OC2OC(CO)C(O)C(O)C2O)C1=O. The van der Waals surface area contributed by atoms with Gasteiger partial charge in [-0.1, -0.05) is 27.7 Å². The topological polar surface area (TPSA) is 149 Å². The summed E-state index contributed by atoms with van der Waals surface area (Å²) < 4.78 is 5.33. The molecule has 2 aliphatic heterocycles. The van der Waals surface area contributed by atoms with Crippen LogP contribution < -0.4 is 5.32 Å². The lowest BCUT2D eigenvalue weighted by Gasteiger charge is -2.44. The molecule has 162 valence electrons. The Morgan fingerprint density at radius 1 is 1.04 bits per heavy atom. The molecule has 0 aromatic carbocycles. The van der Waals surface area contributed by atoms with E-state index in [1.54, 1.807) is 0 Å². The van der Waals surface area contributed by atoms with Crippen molar-refractivity contribution in [3.05, 3.63) is 0 Å². The normalized spacial score (nSPS) is 36.9. The number of piperazine rings is 1. The molecule has 2 heterocycles. The van der Waals surface area contributed by atoms with Gasteiger partial charge in [0.2, 0.25) is 12.2 Å². The number of rotatable bonds is 7. The number of nitrogens with zero attached hydrogens (tertiary/aromatic N) is 1. The molecule has 2 aliphatic rings. The van der Waals surface area contributed by atoms with Crippen LogP contribution in [0.25, 0.3) is 0 Å². The Morgan fingerprint density at radius 3 is 2.18 bits per heavy atom. The fourth-order valence-electron chi connectivity index (χ4n) is 3.42. The molecule has 7 unspecified atom stereocenters. The maximum absolute atomic E-state index is 13.0. The van der Waals surface area contributed by atoms with Crippen LogP contribution in [-0.4, -0.2) is 86.7 Å². The number of nitrogens with one attached hydrogen (secondary N) is 1. The van der Waals surface area contributed by atoms with Crippen molar-refractivity contribution >= 4 is 11.8 Å². The number of aliphatic hydroxyl groups is 4. The Balaban J connectivity index is 2.25. The number of hydrogen-bond donors (Lipinski definition) is 5. The molecular formula is C18H32N2O8. The number of hydrogen-bond acceptors (Lipinski definition) is 8. The second-order valence-electron chi connectivity index (χ2n) is 8.30. The van der Waals surface area contributed by atoms with Gasteiger partial charge in [-0.05, 0) is 24.7 Å². The van der Waals surface area contributed by atoms with E-state index in [0.717, 1.165) is 5.06 Å². The molecule has 10 nitrogen and oxygen atoms in total. The third kappa shape index (κ3) is 5.00. The summed E-state index contributed by atoms with van der Waals surface area (Å²) in [6.07, 6.45) is -6.82. The van der Waals surface area contributed by atoms with E-state index in [1.165, 1.54) is 0 Å². The zero-order chi connectivity index (χ0) is 21.2. The second-order valence-corrected chi connectivity index (χ2v) is 8.30. The minimum atomic E-state index is -1.67. The quantitative estimate of drug-likeness (QED) is 0.344. The van der Waals surface area contributed by atoms with Gasteiger partial charge in [0.1, 0.15) is 36.5 Å². The minimum absolute atomic E-state index is 0.0751. The zero-order valence-corrected chi connectivity index (χ0v) is 16.7. The van der Waals surface area contributed by atoms with Crippen LogP contribution in [-0.2, 0) is 19.2 Å². The summed E-state index contributed by atoms with van der Waals surface area (Å²) >= 11 is 0. The summed E-state index contributed by atoms with van der Waals surface area (Å²) in [5.74, 6) is -0.629. The van der Waals surface area contributed by atoms with Gasteiger partial charge in [0.05, 0.1) is 6.61 Å². The highest BCUT2D eigenvalue weighted by atomic mass is 16.8. The Labute approximate surface area is 164 Å². The molecule has 10 heteroatoms. The van der Waals surface area contributed by atoms with E-state index >= 15 is 0 Å². The second kappa shape index (κ2) is 9.47. The van der Waals surface area contributed by atoms with Gasteiger partial charge in [0, 0.05) is 0 Å². The molecule has 2 amide bonds. The van der Waals surface area contributed by atoms with Gasteiger partial charge in [-0.15, -0.1) is 0 Å². The highest BCUT2D eigenvalue weighted by Gasteiger charge is 2.49. The Hall–Kier alpha value is -1.30. The first kappa shape index (κ1) is 23.0. The first-order valence-corrected chi connectivity index (χ1v) is 9.67. The fourth-order valence-corrected chi connectivity index (χ4v) is 3.42. The molecule has 2 saturated heterocycles. The third-order valence-electron chi connectivity index (χ3n) is 4.89. The fraction of sp³-hybridized carbons (Fsp3) is 0.889. The standard InChI is InChI=1S/C18H32N2O8/c1-8(2)5-10-17(26)20(11(6-9(3)4)16(25)19-10)28-18-15(24)14(23)13(22)12(7-21)27-18/h8-15,18,21-24H,5-7H2,1-4H3,(H,19,25). The summed E-state index contributed by atoms with van der Waals surface area (Å²) in [5, 5.41) is 43.0. The monoisotopic (exact) mass is 404 g/mol. The van der Waals surface area contributed by atoms with Crippen LogP contribution in [0.3, 0.4) is 0 Å². The number of carbonyl (C=O) groups excluding carboxylic acids is 2. The average molecular weight is 404 g/mol. The van der Waals surface area contributed by atoms with Crippen LogP contribution in [0.1, 0.15) is 40.5 Å². The maximum atomic E-state index is 13.0. The van der Waals surface area contributed by atoms with Crippen molar-refractivity contribution in [1.82, 2.24) is 10.4 Å². The number of carbonyl (C=O) groups is 2. The number of hydroxylamine groups is 2. The van der Waals surface area contributed by atoms with Crippen molar-refractivity contribution in [1.29, 1.82) is 0 Å². The zero-order valence-electron chi connectivity index (χ0n) is 16.7. The van der Waals surface area contributed by atoms with Crippen LogP contribution in [0, 0.1) is 11.8 Å². The lowest BCUT2D eigenvalue weighted by molar-refractivity contribution is -0.359. The van der Waals surface area contributed by atoms with Crippen LogP contribution in [0.5, 0.6) is 0 Å². The molecule has 0 aliphatic carbocycles. The van der Waals surface area contributed by atoms with E-state index in [0.29, 0.717) is 12.8 Å². The highest BCUT2D eigenvalue weighted by molar-refractivity contribution is 5.96. The molecule has 0 spiro atoms. The van der Waals surface area contributed by atoms with E-state index in [1.807, 2.05) is 27.7 Å². The summed E-state index contributed by atoms with van der Waals surface area (Å²) in [6.45, 7) is 7.00. The predicted octanol–water partition coefficient (Wildman–Crippen LogP) is -1.49. The molecule has 0 bridgehead atoms. The maximum Gasteiger partial charge on any atom is 0.269 e. The molecule has 0 radical (unpaired) electrons. The van der Waals surface area contributed by atoms with E-state index in [9.17, 15) is 30.0 Å². The molecule has 2 rings (SSSR count). The van der Waals surface area contributed by atoms with Gasteiger partial charge < -0.3 is 30.5 Å². The van der Waals surface area contributed by atoms with E-state index in [4.69, 9.17) is 9.57 Å². The summed E-state index contributed by atoms with van der Waals surface area (Å²) in [6, 6.07) is -1.70. The van der Waals surface area contributed by atoms with Crippen molar-refractivity contribution in [2.75, 3.05) is 6.61 Å². The van der Waals surface area contributed by atoms with Gasteiger partial charge in [-0.25, -0.2) is 9.90 Å². The van der Waals surface area contributed by atoms with Crippen LogP contribution >= 0.6 is 0 Å². The minimum Gasteiger partial charge on any atom is -0.394 e. The van der Waals surface area contributed by atoms with Gasteiger partial charge in [0.25, 0.3) is 5.91 Å². The Kier molecular flexibility index (Phi) is 7.77. The highest BCUT2D eigenvalue weighted by Crippen LogP contribution is 2.27. The van der Waals surface area contributed by atoms with E-state index in [-0.39, 0.29) is 17.7 Å². The molecule has 0 saturated carbocycles. The molecule has 0 aromatic heterocycles. The van der Waals surface area contributed by atoms with Gasteiger partial charge in [0.15, 0.2) is 0 Å². The van der Waals surface area contributed by atoms with E-state index < -0.39 is 55.3 Å². The molecular weight excluding hydrogens is 372 g/mol. The molecule has 0 aromatic rings. The number of aliphatic hydroxyl groups excluding tert-OH is 4. The third-order valence-corrected chi connectivity index (χ3v) is 4.89. The largest absolute Gasteiger partial charge is 0.394 e. The van der Waals surface area contributed by atoms with Crippen LogP contribution in [0.4, 0.5) is 0 Å². The smallest absolute Gasteiger partial charge is 0.269 e. The Bertz CT molecular complexity index is 556. The summed E-state index contributed by atoms with van der Waals surface area (Å²) in [7, 11) is 0. The summed E-state index contributed by atoms with van der Waals surface area (Å²) in [4.78, 5) is 31.2. The van der Waals surface area contributed by atoms with Crippen molar-refractivity contribution < 1.29 is 39.6 Å². The molecule has 5 N–H and O–H groups in total. The van der Waals surface area contributed by atoms with Crippen molar-refractivity contribution in [2.45, 2.75) is 83.3 Å². The Morgan fingerprint density at radius 2 is 1.64 bits per heavy atom. The van der Waals surface area contributed by atoms with Crippen molar-refractivity contribution in [2.24, 2.45) is 11.8 Å². The molecule has 7 atom stereocenters. The lowest BCUT2D eigenvalue weighted by atomic mass is 9.96. The average Bonchev–Trinajstić information content (AvgIpc) is 2.61. The van der Waals surface area contributed by atoms with Gasteiger partial charge in [-0.2, -0.15) is 0 Å². The summed E-state index contributed by atoms with van der Waals surface area (Å²) in [5.41, 5.74) is 0. The number of amides is 2.